The molecule has 5 nitrogen and oxygen atoms in total. The summed E-state index contributed by atoms with van der Waals surface area (Å²) in [5.74, 6) is 1.25. The van der Waals surface area contributed by atoms with Crippen LogP contribution >= 0.6 is 0 Å². The fourth-order valence-corrected chi connectivity index (χ4v) is 4.56. The molecule has 0 aliphatic heterocycles. The van der Waals surface area contributed by atoms with Crippen molar-refractivity contribution in [1.82, 2.24) is 9.88 Å². The highest BCUT2D eigenvalue weighted by Gasteiger charge is 2.33. The van der Waals surface area contributed by atoms with E-state index in [1.807, 2.05) is 0 Å². The van der Waals surface area contributed by atoms with Gasteiger partial charge in [-0.15, -0.1) is 0 Å². The Kier molecular flexibility index (Phi) is 4.01. The first-order valence-electron chi connectivity index (χ1n) is 6.78. The molecule has 0 saturated heterocycles. The molecule has 0 amide bonds. The topological polar surface area (TPSA) is 72.2 Å². The number of aryl methyl sites for hydroxylation is 2. The number of sulfonamides is 1. The maximum absolute atomic E-state index is 12.4. The molecule has 0 bridgehead atoms. The minimum absolute atomic E-state index is 0.00227. The average molecular weight is 286 g/mol. The lowest BCUT2D eigenvalue weighted by Gasteiger charge is -2.34. The number of nitrogens with zero attached hydrogens (tertiary/aromatic N) is 1. The molecule has 1 saturated carbocycles. The Hall–Kier alpha value is -0.880. The van der Waals surface area contributed by atoms with Crippen molar-refractivity contribution in [2.45, 2.75) is 57.9 Å². The maximum atomic E-state index is 12.4. The van der Waals surface area contributed by atoms with Gasteiger partial charge in [-0.3, -0.25) is 0 Å². The van der Waals surface area contributed by atoms with E-state index < -0.39 is 10.0 Å². The molecule has 0 unspecified atom stereocenters. The fourth-order valence-electron chi connectivity index (χ4n) is 2.86. The van der Waals surface area contributed by atoms with Crippen LogP contribution in [0.15, 0.2) is 9.42 Å². The molecule has 0 spiro atoms. The summed E-state index contributed by atoms with van der Waals surface area (Å²) in [5, 5.41) is 3.72. The van der Waals surface area contributed by atoms with Crippen molar-refractivity contribution in [2.75, 3.05) is 0 Å². The zero-order valence-corrected chi connectivity index (χ0v) is 12.8. The molecule has 6 heteroatoms. The first-order chi connectivity index (χ1) is 8.83. The van der Waals surface area contributed by atoms with Gasteiger partial charge in [-0.2, -0.15) is 0 Å². The van der Waals surface area contributed by atoms with Crippen LogP contribution in [-0.2, 0) is 10.0 Å². The standard InChI is InChI=1S/C13H22N2O3S/c1-8-6-5-7-12(9(8)2)15-19(16,17)13-10(3)14-18-11(13)4/h8-9,12,15H,5-7H2,1-4H3/t8-,9+,12+/m1/s1. The third kappa shape index (κ3) is 2.84. The molecular weight excluding hydrogens is 264 g/mol. The molecule has 108 valence electrons. The molecule has 1 aliphatic carbocycles. The van der Waals surface area contributed by atoms with E-state index in [4.69, 9.17) is 4.52 Å². The van der Waals surface area contributed by atoms with E-state index in [0.717, 1.165) is 12.8 Å². The van der Waals surface area contributed by atoms with Gasteiger partial charge in [0.2, 0.25) is 10.0 Å². The van der Waals surface area contributed by atoms with Crippen LogP contribution < -0.4 is 4.72 Å². The van der Waals surface area contributed by atoms with E-state index in [0.29, 0.717) is 23.3 Å². The largest absolute Gasteiger partial charge is 0.360 e. The smallest absolute Gasteiger partial charge is 0.246 e. The molecule has 1 heterocycles. The highest BCUT2D eigenvalue weighted by atomic mass is 32.2. The Balaban J connectivity index is 2.22. The van der Waals surface area contributed by atoms with Gasteiger partial charge < -0.3 is 4.52 Å². The first-order valence-corrected chi connectivity index (χ1v) is 8.26. The van der Waals surface area contributed by atoms with Gasteiger partial charge in [0.25, 0.3) is 0 Å². The molecule has 0 aromatic carbocycles. The summed E-state index contributed by atoms with van der Waals surface area (Å²) in [6.07, 6.45) is 3.14. The molecule has 1 aromatic rings. The summed E-state index contributed by atoms with van der Waals surface area (Å²) >= 11 is 0. The van der Waals surface area contributed by atoms with E-state index >= 15 is 0 Å². The molecule has 2 rings (SSSR count). The Bertz CT molecular complexity index is 531. The molecular formula is C13H22N2O3S. The third-order valence-corrected chi connectivity index (χ3v) is 5.98. The van der Waals surface area contributed by atoms with E-state index in [2.05, 4.69) is 23.7 Å². The van der Waals surface area contributed by atoms with E-state index in [1.165, 1.54) is 6.42 Å². The lowest BCUT2D eigenvalue weighted by atomic mass is 9.78. The Morgan fingerprint density at radius 2 is 1.95 bits per heavy atom. The van der Waals surface area contributed by atoms with Crippen molar-refractivity contribution < 1.29 is 12.9 Å². The minimum atomic E-state index is -3.54. The average Bonchev–Trinajstić information content (AvgIpc) is 2.65. The molecule has 0 radical (unpaired) electrons. The number of rotatable bonds is 3. The first kappa shape index (κ1) is 14.5. The number of aromatic nitrogens is 1. The van der Waals surface area contributed by atoms with Gasteiger partial charge in [0.1, 0.15) is 10.6 Å². The van der Waals surface area contributed by atoms with Crippen molar-refractivity contribution in [1.29, 1.82) is 0 Å². The van der Waals surface area contributed by atoms with Crippen molar-refractivity contribution >= 4 is 10.0 Å². The monoisotopic (exact) mass is 286 g/mol. The van der Waals surface area contributed by atoms with Gasteiger partial charge in [-0.1, -0.05) is 31.8 Å². The second kappa shape index (κ2) is 5.25. The molecule has 1 N–H and O–H groups in total. The molecule has 3 atom stereocenters. The van der Waals surface area contributed by atoms with Crippen LogP contribution in [0.1, 0.15) is 44.6 Å². The Labute approximate surface area is 114 Å². The third-order valence-electron chi connectivity index (χ3n) is 4.25. The van der Waals surface area contributed by atoms with E-state index in [9.17, 15) is 8.42 Å². The van der Waals surface area contributed by atoms with Crippen molar-refractivity contribution in [3.8, 4) is 0 Å². The number of nitrogens with one attached hydrogen (secondary N) is 1. The highest BCUT2D eigenvalue weighted by Crippen LogP contribution is 2.31. The quantitative estimate of drug-likeness (QED) is 0.926. The van der Waals surface area contributed by atoms with Crippen molar-refractivity contribution in [3.63, 3.8) is 0 Å². The lowest BCUT2D eigenvalue weighted by molar-refractivity contribution is 0.227. The fraction of sp³-hybridized carbons (Fsp3) is 0.769. The summed E-state index contributed by atoms with van der Waals surface area (Å²) in [4.78, 5) is 0.193. The zero-order chi connectivity index (χ0) is 14.2. The predicted molar refractivity (Wildman–Crippen MR) is 72.3 cm³/mol. The van der Waals surface area contributed by atoms with E-state index in [-0.39, 0.29) is 10.9 Å². The van der Waals surface area contributed by atoms with Crippen LogP contribution in [0.25, 0.3) is 0 Å². The summed E-state index contributed by atoms with van der Waals surface area (Å²) in [5.41, 5.74) is 0.418. The second-order valence-electron chi connectivity index (χ2n) is 5.65. The molecule has 19 heavy (non-hydrogen) atoms. The van der Waals surface area contributed by atoms with E-state index in [1.54, 1.807) is 13.8 Å². The summed E-state index contributed by atoms with van der Waals surface area (Å²) in [6, 6.07) is 0.00227. The Morgan fingerprint density at radius 1 is 1.26 bits per heavy atom. The van der Waals surface area contributed by atoms with Gasteiger partial charge in [0.15, 0.2) is 5.76 Å². The predicted octanol–water partition coefficient (Wildman–Crippen LogP) is 2.39. The SMILES string of the molecule is Cc1noc(C)c1S(=O)(=O)N[C@H]1CCC[C@@H](C)[C@@H]1C. The van der Waals surface area contributed by atoms with Crippen LogP contribution in [-0.4, -0.2) is 19.6 Å². The lowest BCUT2D eigenvalue weighted by Crippen LogP contribution is -2.43. The summed E-state index contributed by atoms with van der Waals surface area (Å²) < 4.78 is 32.7. The molecule has 1 aromatic heterocycles. The van der Waals surface area contributed by atoms with Crippen LogP contribution in [0.5, 0.6) is 0 Å². The zero-order valence-electron chi connectivity index (χ0n) is 11.9. The number of hydrogen-bond acceptors (Lipinski definition) is 4. The van der Waals surface area contributed by atoms with Gasteiger partial charge in [-0.05, 0) is 32.1 Å². The van der Waals surface area contributed by atoms with Crippen LogP contribution in [0.3, 0.4) is 0 Å². The van der Waals surface area contributed by atoms with Gasteiger partial charge in [-0.25, -0.2) is 13.1 Å². The van der Waals surface area contributed by atoms with Crippen LogP contribution in [0.4, 0.5) is 0 Å². The van der Waals surface area contributed by atoms with Crippen LogP contribution in [0.2, 0.25) is 0 Å². The van der Waals surface area contributed by atoms with Crippen molar-refractivity contribution in [3.05, 3.63) is 11.5 Å². The molecule has 1 aliphatic rings. The van der Waals surface area contributed by atoms with Gasteiger partial charge in [0.05, 0.1) is 0 Å². The van der Waals surface area contributed by atoms with Crippen LogP contribution in [0, 0.1) is 25.7 Å². The maximum Gasteiger partial charge on any atom is 0.246 e. The van der Waals surface area contributed by atoms with Gasteiger partial charge >= 0.3 is 0 Å². The normalized spacial score (nSPS) is 28.5. The summed E-state index contributed by atoms with van der Waals surface area (Å²) in [6.45, 7) is 7.57. The molecule has 1 fully saturated rings. The summed E-state index contributed by atoms with van der Waals surface area (Å²) in [7, 11) is -3.54. The Morgan fingerprint density at radius 3 is 2.53 bits per heavy atom. The minimum Gasteiger partial charge on any atom is -0.360 e. The van der Waals surface area contributed by atoms with Gasteiger partial charge in [0, 0.05) is 6.04 Å². The highest BCUT2D eigenvalue weighted by molar-refractivity contribution is 7.89. The second-order valence-corrected chi connectivity index (χ2v) is 7.30. The van der Waals surface area contributed by atoms with Crippen molar-refractivity contribution in [2.24, 2.45) is 11.8 Å². The number of hydrogen-bond donors (Lipinski definition) is 1.